The van der Waals surface area contributed by atoms with E-state index in [4.69, 9.17) is 10.5 Å². The number of aliphatic hydroxyl groups excluding tert-OH is 1. The molecule has 0 spiro atoms. The summed E-state index contributed by atoms with van der Waals surface area (Å²) < 4.78 is 5.02. The number of hydrogen-bond donors (Lipinski definition) is 2. The fraction of sp³-hybridized carbons (Fsp3) is 0.700. The summed E-state index contributed by atoms with van der Waals surface area (Å²) in [6.07, 6.45) is 9.01. The van der Waals surface area contributed by atoms with Crippen LogP contribution in [0, 0.1) is 0 Å². The van der Waals surface area contributed by atoms with Crippen LogP contribution >= 0.6 is 0 Å². The van der Waals surface area contributed by atoms with Crippen molar-refractivity contribution in [1.82, 2.24) is 0 Å². The van der Waals surface area contributed by atoms with E-state index < -0.39 is 11.8 Å². The first-order chi connectivity index (χ1) is 11.6. The average molecular weight is 335 g/mol. The Labute approximate surface area is 147 Å². The molecule has 1 aromatic rings. The molecule has 0 aliphatic carbocycles. The Hall–Kier alpha value is -1.10. The monoisotopic (exact) mass is 334 g/mol. The Bertz CT molecular complexity index is 477. The van der Waals surface area contributed by atoms with Crippen LogP contribution in [0.3, 0.4) is 0 Å². The minimum absolute atomic E-state index is 0.624. The Morgan fingerprint density at radius 2 is 1.83 bits per heavy atom. The summed E-state index contributed by atoms with van der Waals surface area (Å²) >= 11 is 0. The van der Waals surface area contributed by atoms with Gasteiger partial charge in [0.25, 0.3) is 0 Å². The number of nitrogens with zero attached hydrogens (tertiary/aromatic N) is 1. The molecule has 1 fully saturated rings. The van der Waals surface area contributed by atoms with Crippen LogP contribution in [0.4, 0.5) is 5.69 Å². The summed E-state index contributed by atoms with van der Waals surface area (Å²) in [5, 5.41) is 9.93. The maximum Gasteiger partial charge on any atom is 0.174 e. The number of anilines is 1. The maximum atomic E-state index is 9.93. The summed E-state index contributed by atoms with van der Waals surface area (Å²) in [7, 11) is 1.50. The minimum atomic E-state index is -0.908. The third-order valence-corrected chi connectivity index (χ3v) is 5.17. The molecule has 1 aromatic carbocycles. The van der Waals surface area contributed by atoms with E-state index in [2.05, 4.69) is 36.1 Å². The van der Waals surface area contributed by atoms with Gasteiger partial charge in [-0.25, -0.2) is 0 Å². The van der Waals surface area contributed by atoms with Crippen molar-refractivity contribution in [3.8, 4) is 0 Å². The van der Waals surface area contributed by atoms with Gasteiger partial charge in [-0.1, -0.05) is 51.2 Å². The molecule has 2 atom stereocenters. The molecule has 3 N–H and O–H groups in total. The quantitative estimate of drug-likeness (QED) is 0.508. The van der Waals surface area contributed by atoms with E-state index in [1.54, 1.807) is 0 Å². The van der Waals surface area contributed by atoms with Gasteiger partial charge in [0.05, 0.1) is 5.54 Å². The Balaban J connectivity index is 1.78. The Morgan fingerprint density at radius 3 is 2.50 bits per heavy atom. The molecule has 136 valence electrons. The molecule has 1 aliphatic heterocycles. The van der Waals surface area contributed by atoms with Gasteiger partial charge in [0.15, 0.2) is 6.29 Å². The molecule has 4 nitrogen and oxygen atoms in total. The smallest absolute Gasteiger partial charge is 0.174 e. The van der Waals surface area contributed by atoms with Gasteiger partial charge in [-0.15, -0.1) is 0 Å². The second-order valence-electron chi connectivity index (χ2n) is 7.18. The van der Waals surface area contributed by atoms with Gasteiger partial charge >= 0.3 is 0 Å². The molecular weight excluding hydrogens is 300 g/mol. The highest BCUT2D eigenvalue weighted by molar-refractivity contribution is 5.49. The molecule has 1 saturated heterocycles. The highest BCUT2D eigenvalue weighted by atomic mass is 16.6. The topological polar surface area (TPSA) is 58.7 Å². The van der Waals surface area contributed by atoms with Gasteiger partial charge in [0.2, 0.25) is 0 Å². The zero-order valence-corrected chi connectivity index (χ0v) is 15.3. The van der Waals surface area contributed by atoms with Crippen molar-refractivity contribution in [2.45, 2.75) is 70.1 Å². The number of benzene rings is 1. The lowest BCUT2D eigenvalue weighted by Gasteiger charge is -2.29. The molecule has 2 rings (SSSR count). The minimum Gasteiger partial charge on any atom is -0.369 e. The lowest BCUT2D eigenvalue weighted by molar-refractivity contribution is -0.117. The van der Waals surface area contributed by atoms with Crippen LogP contribution in [-0.4, -0.2) is 37.1 Å². The summed E-state index contributed by atoms with van der Waals surface area (Å²) in [6.45, 7) is 3.74. The number of aryl methyl sites for hydroxylation is 1. The van der Waals surface area contributed by atoms with E-state index in [-0.39, 0.29) is 0 Å². The van der Waals surface area contributed by atoms with Crippen LogP contribution < -0.4 is 10.6 Å². The normalized spacial score (nSPS) is 22.1. The van der Waals surface area contributed by atoms with Gasteiger partial charge < -0.3 is 20.5 Å². The van der Waals surface area contributed by atoms with Crippen LogP contribution in [0.15, 0.2) is 24.3 Å². The Morgan fingerprint density at radius 1 is 1.17 bits per heavy atom. The SMILES string of the molecule is CCCCCCCCc1ccc(N2CCC(N)(C(O)OC)C2)cc1. The molecule has 0 saturated carbocycles. The number of unbranched alkanes of at least 4 members (excludes halogenated alkanes) is 5. The molecule has 0 aromatic heterocycles. The lowest BCUT2D eigenvalue weighted by atomic mass is 10.00. The van der Waals surface area contributed by atoms with Crippen molar-refractivity contribution in [2.75, 3.05) is 25.1 Å². The van der Waals surface area contributed by atoms with Crippen molar-refractivity contribution in [3.05, 3.63) is 29.8 Å². The van der Waals surface area contributed by atoms with E-state index in [1.165, 1.54) is 56.9 Å². The van der Waals surface area contributed by atoms with Gasteiger partial charge in [-0.05, 0) is 37.0 Å². The first-order valence-electron chi connectivity index (χ1n) is 9.42. The number of rotatable bonds is 10. The number of hydrogen-bond acceptors (Lipinski definition) is 4. The van der Waals surface area contributed by atoms with Gasteiger partial charge in [0.1, 0.15) is 0 Å². The molecule has 0 amide bonds. The fourth-order valence-corrected chi connectivity index (χ4v) is 3.50. The number of ether oxygens (including phenoxy) is 1. The van der Waals surface area contributed by atoms with E-state index >= 15 is 0 Å². The molecule has 0 bridgehead atoms. The zero-order valence-electron chi connectivity index (χ0n) is 15.3. The van der Waals surface area contributed by atoms with Crippen molar-refractivity contribution in [1.29, 1.82) is 0 Å². The first-order valence-corrected chi connectivity index (χ1v) is 9.42. The highest BCUT2D eigenvalue weighted by Gasteiger charge is 2.41. The van der Waals surface area contributed by atoms with Gasteiger partial charge in [0, 0.05) is 25.9 Å². The van der Waals surface area contributed by atoms with Crippen LogP contribution in [0.25, 0.3) is 0 Å². The second kappa shape index (κ2) is 9.40. The third-order valence-electron chi connectivity index (χ3n) is 5.17. The van der Waals surface area contributed by atoms with E-state index in [0.717, 1.165) is 19.4 Å². The number of methoxy groups -OCH3 is 1. The van der Waals surface area contributed by atoms with Crippen LogP contribution in [0.5, 0.6) is 0 Å². The fourth-order valence-electron chi connectivity index (χ4n) is 3.50. The number of aliphatic hydroxyl groups is 1. The average Bonchev–Trinajstić information content (AvgIpc) is 3.01. The highest BCUT2D eigenvalue weighted by Crippen LogP contribution is 2.28. The van der Waals surface area contributed by atoms with Crippen molar-refractivity contribution >= 4 is 5.69 Å². The zero-order chi connectivity index (χ0) is 17.4. The van der Waals surface area contributed by atoms with Gasteiger partial charge in [-0.3, -0.25) is 0 Å². The van der Waals surface area contributed by atoms with Crippen LogP contribution in [-0.2, 0) is 11.2 Å². The van der Waals surface area contributed by atoms with Crippen molar-refractivity contribution in [3.63, 3.8) is 0 Å². The third kappa shape index (κ3) is 5.20. The van der Waals surface area contributed by atoms with E-state index in [9.17, 15) is 5.11 Å². The molecule has 2 unspecified atom stereocenters. The molecule has 1 heterocycles. The predicted octanol–water partition coefficient (Wildman–Crippen LogP) is 3.46. The van der Waals surface area contributed by atoms with Gasteiger partial charge in [-0.2, -0.15) is 0 Å². The maximum absolute atomic E-state index is 9.93. The van der Waals surface area contributed by atoms with Crippen LogP contribution in [0.2, 0.25) is 0 Å². The van der Waals surface area contributed by atoms with Crippen molar-refractivity contribution < 1.29 is 9.84 Å². The predicted molar refractivity (Wildman–Crippen MR) is 100 cm³/mol. The standard InChI is InChI=1S/C20H34N2O2/c1-3-4-5-6-7-8-9-17-10-12-18(13-11-17)22-15-14-20(21,16-22)19(23)24-2/h10-13,19,23H,3-9,14-16,21H2,1-2H3. The summed E-state index contributed by atoms with van der Waals surface area (Å²) in [5.41, 5.74) is 8.18. The van der Waals surface area contributed by atoms with Crippen LogP contribution in [0.1, 0.15) is 57.4 Å². The second-order valence-corrected chi connectivity index (χ2v) is 7.18. The largest absolute Gasteiger partial charge is 0.369 e. The van der Waals surface area contributed by atoms with E-state index in [1.807, 2.05) is 0 Å². The molecule has 24 heavy (non-hydrogen) atoms. The molecule has 4 heteroatoms. The van der Waals surface area contributed by atoms with Crippen molar-refractivity contribution in [2.24, 2.45) is 5.73 Å². The summed E-state index contributed by atoms with van der Waals surface area (Å²) in [5.74, 6) is 0. The first kappa shape index (κ1) is 19.2. The summed E-state index contributed by atoms with van der Waals surface area (Å²) in [6, 6.07) is 8.81. The molecule has 1 aliphatic rings. The molecule has 0 radical (unpaired) electrons. The lowest BCUT2D eigenvalue weighted by Crippen LogP contribution is -2.53. The Kier molecular flexibility index (Phi) is 7.53. The molecular formula is C20H34N2O2. The summed E-state index contributed by atoms with van der Waals surface area (Å²) in [4.78, 5) is 2.23. The van der Waals surface area contributed by atoms with E-state index in [0.29, 0.717) is 6.54 Å². The number of nitrogens with two attached hydrogens (primary N) is 1.